The molecule has 0 fully saturated rings. The van der Waals surface area contributed by atoms with Crippen LogP contribution in [0.1, 0.15) is 31.7 Å². The van der Waals surface area contributed by atoms with Gasteiger partial charge in [-0.15, -0.1) is 0 Å². The highest BCUT2D eigenvalue weighted by molar-refractivity contribution is 7.92. The molecule has 0 aliphatic rings. The van der Waals surface area contributed by atoms with Gasteiger partial charge < -0.3 is 10.2 Å². The fourth-order valence-corrected chi connectivity index (χ4v) is 5.06. The highest BCUT2D eigenvalue weighted by atomic mass is 35.5. The Kier molecular flexibility index (Phi) is 10.3. The van der Waals surface area contributed by atoms with Gasteiger partial charge in [0.15, 0.2) is 11.6 Å². The molecule has 2 aromatic carbocycles. The SMILES string of the molecule is CCC(C(=O)NC)N(Cc1c(Cl)cccc1Cl)C(=O)CCCN(c1ccc(F)c(F)c1)S(C)(=O)=O. The normalized spacial score (nSPS) is 12.2. The van der Waals surface area contributed by atoms with E-state index in [-0.39, 0.29) is 37.5 Å². The third-order valence-corrected chi connectivity index (χ3v) is 7.27. The second kappa shape index (κ2) is 12.5. The molecular weight excluding hydrogens is 523 g/mol. The first-order valence-corrected chi connectivity index (χ1v) is 13.4. The molecule has 192 valence electrons. The summed E-state index contributed by atoms with van der Waals surface area (Å²) >= 11 is 12.5. The van der Waals surface area contributed by atoms with Crippen molar-refractivity contribution in [1.29, 1.82) is 0 Å². The van der Waals surface area contributed by atoms with Crippen LogP contribution in [-0.4, -0.2) is 51.0 Å². The molecule has 0 bridgehead atoms. The zero-order chi connectivity index (χ0) is 26.3. The Morgan fingerprint density at radius 2 is 1.71 bits per heavy atom. The van der Waals surface area contributed by atoms with Crippen molar-refractivity contribution in [3.05, 3.63) is 63.6 Å². The van der Waals surface area contributed by atoms with Crippen molar-refractivity contribution in [2.45, 2.75) is 38.8 Å². The van der Waals surface area contributed by atoms with Crippen LogP contribution in [0.5, 0.6) is 0 Å². The number of carbonyl (C=O) groups is 2. The van der Waals surface area contributed by atoms with Gasteiger partial charge in [0.1, 0.15) is 6.04 Å². The van der Waals surface area contributed by atoms with Crippen LogP contribution in [0, 0.1) is 11.6 Å². The molecule has 2 rings (SSSR count). The van der Waals surface area contributed by atoms with Crippen LogP contribution in [0.4, 0.5) is 14.5 Å². The summed E-state index contributed by atoms with van der Waals surface area (Å²) in [6, 6.07) is 6.86. The maximum absolute atomic E-state index is 13.7. The van der Waals surface area contributed by atoms with Crippen molar-refractivity contribution < 1.29 is 26.8 Å². The summed E-state index contributed by atoms with van der Waals surface area (Å²) in [4.78, 5) is 27.1. The summed E-state index contributed by atoms with van der Waals surface area (Å²) in [6.07, 6.45) is 1.19. The Hall–Kier alpha value is -2.43. The number of rotatable bonds is 11. The zero-order valence-corrected chi connectivity index (χ0v) is 21.9. The molecule has 0 heterocycles. The lowest BCUT2D eigenvalue weighted by molar-refractivity contribution is -0.141. The molecule has 12 heteroatoms. The van der Waals surface area contributed by atoms with Gasteiger partial charge in [0.05, 0.1) is 11.9 Å². The molecule has 1 atom stereocenters. The molecule has 2 aromatic rings. The Labute approximate surface area is 214 Å². The van der Waals surface area contributed by atoms with Gasteiger partial charge in [0, 0.05) is 48.2 Å². The van der Waals surface area contributed by atoms with Crippen molar-refractivity contribution in [1.82, 2.24) is 10.2 Å². The number of nitrogens with one attached hydrogen (secondary N) is 1. The number of benzene rings is 2. The number of hydrogen-bond donors (Lipinski definition) is 1. The van der Waals surface area contributed by atoms with E-state index in [2.05, 4.69) is 5.32 Å². The Morgan fingerprint density at radius 1 is 1.09 bits per heavy atom. The highest BCUT2D eigenvalue weighted by Gasteiger charge is 2.29. The van der Waals surface area contributed by atoms with Crippen molar-refractivity contribution >= 4 is 50.7 Å². The number of likely N-dealkylation sites (N-methyl/N-ethyl adjacent to an activating group) is 1. The molecule has 0 aliphatic carbocycles. The van der Waals surface area contributed by atoms with Crippen LogP contribution in [0.25, 0.3) is 0 Å². The lowest BCUT2D eigenvalue weighted by atomic mass is 10.1. The van der Waals surface area contributed by atoms with Crippen LogP contribution in [0.2, 0.25) is 10.0 Å². The van der Waals surface area contributed by atoms with Gasteiger partial charge in [0.25, 0.3) is 0 Å². The smallest absolute Gasteiger partial charge is 0.242 e. The molecule has 7 nitrogen and oxygen atoms in total. The minimum atomic E-state index is -3.84. The van der Waals surface area contributed by atoms with Gasteiger partial charge in [-0.25, -0.2) is 17.2 Å². The second-order valence-electron chi connectivity index (χ2n) is 7.80. The standard InChI is InChI=1S/C23H27Cl2F2N3O4S/c1-4-21(23(32)28-2)29(14-16-17(24)7-5-8-18(16)25)22(31)9-6-12-30(35(3,33)34)15-10-11-19(26)20(27)13-15/h5,7-8,10-11,13,21H,4,6,9,12,14H2,1-3H3,(H,28,32). The maximum atomic E-state index is 13.7. The summed E-state index contributed by atoms with van der Waals surface area (Å²) in [5.74, 6) is -3.09. The van der Waals surface area contributed by atoms with E-state index in [1.807, 2.05) is 0 Å². The van der Waals surface area contributed by atoms with Gasteiger partial charge in [-0.3, -0.25) is 13.9 Å². The number of sulfonamides is 1. The van der Waals surface area contributed by atoms with E-state index in [0.717, 1.165) is 28.8 Å². The van der Waals surface area contributed by atoms with E-state index in [0.29, 0.717) is 22.0 Å². The minimum Gasteiger partial charge on any atom is -0.357 e. The fourth-order valence-electron chi connectivity index (χ4n) is 3.58. The van der Waals surface area contributed by atoms with Crippen molar-refractivity contribution in [2.24, 2.45) is 0 Å². The quantitative estimate of drug-likeness (QED) is 0.450. The monoisotopic (exact) mass is 549 g/mol. The number of halogens is 4. The molecule has 0 spiro atoms. The molecule has 0 radical (unpaired) electrons. The Bertz CT molecular complexity index is 1160. The van der Waals surface area contributed by atoms with Gasteiger partial charge >= 0.3 is 0 Å². The van der Waals surface area contributed by atoms with Crippen molar-refractivity contribution in [3.63, 3.8) is 0 Å². The van der Waals surface area contributed by atoms with Gasteiger partial charge in [-0.2, -0.15) is 0 Å². The summed E-state index contributed by atoms with van der Waals surface area (Å²) in [5, 5.41) is 3.21. The first-order valence-electron chi connectivity index (χ1n) is 10.8. The van der Waals surface area contributed by atoms with Crippen LogP contribution >= 0.6 is 23.2 Å². The maximum Gasteiger partial charge on any atom is 0.242 e. The summed E-state index contributed by atoms with van der Waals surface area (Å²) in [7, 11) is -2.38. The van der Waals surface area contributed by atoms with Crippen LogP contribution in [0.15, 0.2) is 36.4 Å². The van der Waals surface area contributed by atoms with E-state index in [1.54, 1.807) is 25.1 Å². The third-order valence-electron chi connectivity index (χ3n) is 5.37. The van der Waals surface area contributed by atoms with Crippen molar-refractivity contribution in [2.75, 3.05) is 24.2 Å². The van der Waals surface area contributed by atoms with Gasteiger partial charge in [0.2, 0.25) is 21.8 Å². The summed E-state index contributed by atoms with van der Waals surface area (Å²) in [5.41, 5.74) is 0.418. The predicted octanol–water partition coefficient (Wildman–Crippen LogP) is 4.37. The topological polar surface area (TPSA) is 86.8 Å². The average Bonchev–Trinajstić information content (AvgIpc) is 2.79. The molecule has 0 saturated heterocycles. The van der Waals surface area contributed by atoms with E-state index in [4.69, 9.17) is 23.2 Å². The van der Waals surface area contributed by atoms with Gasteiger partial charge in [-0.1, -0.05) is 36.2 Å². The number of nitrogens with zero attached hydrogens (tertiary/aromatic N) is 2. The number of anilines is 1. The van der Waals surface area contributed by atoms with E-state index >= 15 is 0 Å². The van der Waals surface area contributed by atoms with E-state index in [1.165, 1.54) is 11.9 Å². The van der Waals surface area contributed by atoms with Crippen molar-refractivity contribution in [3.8, 4) is 0 Å². The molecule has 35 heavy (non-hydrogen) atoms. The Morgan fingerprint density at radius 3 is 2.23 bits per heavy atom. The minimum absolute atomic E-state index is 0.0256. The van der Waals surface area contributed by atoms with Crippen LogP contribution in [-0.2, 0) is 26.2 Å². The molecule has 2 amide bonds. The molecule has 0 saturated carbocycles. The van der Waals surface area contributed by atoms with E-state index in [9.17, 15) is 26.8 Å². The first kappa shape index (κ1) is 28.8. The number of hydrogen-bond acceptors (Lipinski definition) is 4. The second-order valence-corrected chi connectivity index (χ2v) is 10.5. The zero-order valence-electron chi connectivity index (χ0n) is 19.5. The average molecular weight is 550 g/mol. The molecule has 0 aromatic heterocycles. The summed E-state index contributed by atoms with van der Waals surface area (Å²) in [6.45, 7) is 1.57. The van der Waals surface area contributed by atoms with E-state index < -0.39 is 33.6 Å². The highest BCUT2D eigenvalue weighted by Crippen LogP contribution is 2.27. The molecule has 1 unspecified atom stereocenters. The number of amides is 2. The molecule has 1 N–H and O–H groups in total. The molecular formula is C23H27Cl2F2N3O4S. The Balaban J connectivity index is 2.26. The predicted molar refractivity (Wildman–Crippen MR) is 133 cm³/mol. The fraction of sp³-hybridized carbons (Fsp3) is 0.391. The first-order chi connectivity index (χ1) is 16.4. The van der Waals surface area contributed by atoms with Gasteiger partial charge in [-0.05, 0) is 37.1 Å². The van der Waals surface area contributed by atoms with Crippen LogP contribution < -0.4 is 9.62 Å². The largest absolute Gasteiger partial charge is 0.357 e. The number of carbonyl (C=O) groups excluding carboxylic acids is 2. The van der Waals surface area contributed by atoms with Crippen LogP contribution in [0.3, 0.4) is 0 Å². The summed E-state index contributed by atoms with van der Waals surface area (Å²) < 4.78 is 52.4. The lowest BCUT2D eigenvalue weighted by Gasteiger charge is -2.31. The lowest BCUT2D eigenvalue weighted by Crippen LogP contribution is -2.48. The third kappa shape index (κ3) is 7.52. The molecule has 0 aliphatic heterocycles.